The SMILES string of the molecule is NC(=O)C1CN(C2=CCCC=C2)N=C1C(F)(F)F. The maximum Gasteiger partial charge on any atom is 0.432 e. The minimum absolute atomic E-state index is 0.152. The maximum absolute atomic E-state index is 12.7. The topological polar surface area (TPSA) is 58.7 Å². The Morgan fingerprint density at radius 1 is 1.44 bits per heavy atom. The van der Waals surface area contributed by atoms with Crippen LogP contribution in [0.2, 0.25) is 0 Å². The van der Waals surface area contributed by atoms with Crippen molar-refractivity contribution < 1.29 is 18.0 Å². The number of hydrogen-bond acceptors (Lipinski definition) is 3. The average Bonchev–Trinajstić information content (AvgIpc) is 2.74. The molecule has 18 heavy (non-hydrogen) atoms. The summed E-state index contributed by atoms with van der Waals surface area (Å²) in [5.74, 6) is -2.41. The van der Waals surface area contributed by atoms with Crippen molar-refractivity contribution in [2.45, 2.75) is 19.0 Å². The van der Waals surface area contributed by atoms with Gasteiger partial charge in [0.25, 0.3) is 0 Å². The van der Waals surface area contributed by atoms with Crippen LogP contribution in [-0.4, -0.2) is 29.3 Å². The zero-order valence-corrected chi connectivity index (χ0v) is 9.44. The van der Waals surface area contributed by atoms with E-state index in [1.54, 1.807) is 12.2 Å². The first-order valence-corrected chi connectivity index (χ1v) is 5.49. The molecular weight excluding hydrogens is 247 g/mol. The van der Waals surface area contributed by atoms with E-state index in [2.05, 4.69) is 5.10 Å². The molecule has 0 spiro atoms. The van der Waals surface area contributed by atoms with E-state index in [9.17, 15) is 18.0 Å². The number of carbonyl (C=O) groups is 1. The number of hydrogen-bond donors (Lipinski definition) is 1. The zero-order chi connectivity index (χ0) is 13.3. The van der Waals surface area contributed by atoms with Crippen LogP contribution >= 0.6 is 0 Å². The van der Waals surface area contributed by atoms with Gasteiger partial charge in [0.05, 0.1) is 12.2 Å². The molecule has 2 N–H and O–H groups in total. The lowest BCUT2D eigenvalue weighted by molar-refractivity contribution is -0.121. The fraction of sp³-hybridized carbons (Fsp3) is 0.455. The van der Waals surface area contributed by atoms with Gasteiger partial charge in [-0.15, -0.1) is 0 Å². The first kappa shape index (κ1) is 12.7. The van der Waals surface area contributed by atoms with Crippen LogP contribution in [0.1, 0.15) is 12.8 Å². The highest BCUT2D eigenvalue weighted by Crippen LogP contribution is 2.30. The molecule has 0 saturated carbocycles. The summed E-state index contributed by atoms with van der Waals surface area (Å²) in [4.78, 5) is 11.1. The van der Waals surface area contributed by atoms with Gasteiger partial charge in [0, 0.05) is 0 Å². The highest BCUT2D eigenvalue weighted by atomic mass is 19.4. The van der Waals surface area contributed by atoms with E-state index < -0.39 is 23.7 Å². The molecular formula is C11H12F3N3O. The number of nitrogens with two attached hydrogens (primary N) is 1. The van der Waals surface area contributed by atoms with Gasteiger partial charge in [-0.1, -0.05) is 12.2 Å². The van der Waals surface area contributed by atoms with E-state index in [4.69, 9.17) is 5.73 Å². The Bertz CT molecular complexity index is 451. The van der Waals surface area contributed by atoms with E-state index in [1.165, 1.54) is 5.01 Å². The summed E-state index contributed by atoms with van der Waals surface area (Å²) in [5.41, 5.74) is 4.45. The molecule has 0 aromatic carbocycles. The molecule has 7 heteroatoms. The van der Waals surface area contributed by atoms with Crippen molar-refractivity contribution in [2.75, 3.05) is 6.54 Å². The normalized spacial score (nSPS) is 23.9. The molecule has 1 heterocycles. The Hall–Kier alpha value is -1.79. The molecule has 0 saturated heterocycles. The van der Waals surface area contributed by atoms with Crippen molar-refractivity contribution in [3.05, 3.63) is 23.9 Å². The predicted molar refractivity (Wildman–Crippen MR) is 59.3 cm³/mol. The van der Waals surface area contributed by atoms with E-state index in [-0.39, 0.29) is 6.54 Å². The molecule has 2 rings (SSSR count). The van der Waals surface area contributed by atoms with Crippen LogP contribution in [0.25, 0.3) is 0 Å². The summed E-state index contributed by atoms with van der Waals surface area (Å²) >= 11 is 0. The smallest absolute Gasteiger partial charge is 0.369 e. The molecule has 1 atom stereocenters. The summed E-state index contributed by atoms with van der Waals surface area (Å²) in [5, 5.41) is 4.68. The average molecular weight is 259 g/mol. The van der Waals surface area contributed by atoms with E-state index in [1.807, 2.05) is 6.08 Å². The molecule has 1 aliphatic carbocycles. The van der Waals surface area contributed by atoms with Gasteiger partial charge < -0.3 is 5.73 Å². The number of rotatable bonds is 2. The second-order valence-corrected chi connectivity index (χ2v) is 4.13. The van der Waals surface area contributed by atoms with Gasteiger partial charge in [0.15, 0.2) is 5.71 Å². The van der Waals surface area contributed by atoms with Crippen molar-refractivity contribution in [3.63, 3.8) is 0 Å². The van der Waals surface area contributed by atoms with Gasteiger partial charge >= 0.3 is 6.18 Å². The lowest BCUT2D eigenvalue weighted by atomic mass is 10.0. The largest absolute Gasteiger partial charge is 0.432 e. The van der Waals surface area contributed by atoms with Gasteiger partial charge in [-0.25, -0.2) is 0 Å². The number of hydrazone groups is 1. The quantitative estimate of drug-likeness (QED) is 0.818. The van der Waals surface area contributed by atoms with Gasteiger partial charge in [-0.05, 0) is 18.9 Å². The summed E-state index contributed by atoms with van der Waals surface area (Å²) in [6.45, 7) is -0.152. The Labute approximate surface area is 102 Å². The Morgan fingerprint density at radius 2 is 2.17 bits per heavy atom. The Kier molecular flexibility index (Phi) is 3.14. The fourth-order valence-electron chi connectivity index (χ4n) is 1.93. The second-order valence-electron chi connectivity index (χ2n) is 4.13. The molecule has 2 aliphatic rings. The van der Waals surface area contributed by atoms with Crippen molar-refractivity contribution in [2.24, 2.45) is 16.8 Å². The first-order chi connectivity index (χ1) is 8.39. The molecule has 0 radical (unpaired) electrons. The third-order valence-electron chi connectivity index (χ3n) is 2.82. The molecule has 4 nitrogen and oxygen atoms in total. The van der Waals surface area contributed by atoms with Crippen LogP contribution in [0, 0.1) is 5.92 Å². The zero-order valence-electron chi connectivity index (χ0n) is 9.44. The molecule has 0 bridgehead atoms. The van der Waals surface area contributed by atoms with Crippen LogP contribution in [0.4, 0.5) is 13.2 Å². The number of halogens is 3. The molecule has 1 unspecified atom stereocenters. The molecule has 1 amide bonds. The van der Waals surface area contributed by atoms with Crippen molar-refractivity contribution in [1.29, 1.82) is 0 Å². The number of carbonyl (C=O) groups excluding carboxylic acids is 1. The number of primary amides is 1. The summed E-state index contributed by atoms with van der Waals surface area (Å²) in [6, 6.07) is 0. The van der Waals surface area contributed by atoms with Gasteiger partial charge in [-0.2, -0.15) is 18.3 Å². The first-order valence-electron chi connectivity index (χ1n) is 5.49. The van der Waals surface area contributed by atoms with E-state index in [0.29, 0.717) is 5.70 Å². The fourth-order valence-corrected chi connectivity index (χ4v) is 1.93. The summed E-state index contributed by atoms with van der Waals surface area (Å²) in [7, 11) is 0. The highest BCUT2D eigenvalue weighted by molar-refractivity contribution is 6.07. The molecule has 1 aliphatic heterocycles. The summed E-state index contributed by atoms with van der Waals surface area (Å²) in [6.07, 6.45) is 2.32. The lowest BCUT2D eigenvalue weighted by Gasteiger charge is -2.17. The number of alkyl halides is 3. The van der Waals surface area contributed by atoms with E-state index in [0.717, 1.165) is 12.8 Å². The maximum atomic E-state index is 12.7. The van der Waals surface area contributed by atoms with Gasteiger partial charge in [-0.3, -0.25) is 9.80 Å². The third-order valence-corrected chi connectivity index (χ3v) is 2.82. The van der Waals surface area contributed by atoms with Crippen molar-refractivity contribution in [1.82, 2.24) is 5.01 Å². The van der Waals surface area contributed by atoms with Gasteiger partial charge in [0.2, 0.25) is 5.91 Å². The van der Waals surface area contributed by atoms with Crippen molar-refractivity contribution >= 4 is 11.6 Å². The van der Waals surface area contributed by atoms with Crippen LogP contribution < -0.4 is 5.73 Å². The highest BCUT2D eigenvalue weighted by Gasteiger charge is 2.47. The minimum atomic E-state index is -4.63. The number of amides is 1. The van der Waals surface area contributed by atoms with Crippen LogP contribution in [0.5, 0.6) is 0 Å². The van der Waals surface area contributed by atoms with Crippen LogP contribution in [0.3, 0.4) is 0 Å². The molecule has 0 fully saturated rings. The molecule has 98 valence electrons. The standard InChI is InChI=1S/C11H12F3N3O/c12-11(13,14)9-8(10(15)18)6-17(16-9)7-4-2-1-3-5-7/h2,4-5,8H,1,3,6H2,(H2,15,18). The second kappa shape index (κ2) is 4.47. The number of nitrogens with zero attached hydrogens (tertiary/aromatic N) is 2. The van der Waals surface area contributed by atoms with Gasteiger partial charge in [0.1, 0.15) is 5.92 Å². The molecule has 0 aromatic rings. The predicted octanol–water partition coefficient (Wildman–Crippen LogP) is 1.56. The lowest BCUT2D eigenvalue weighted by Crippen LogP contribution is -2.38. The van der Waals surface area contributed by atoms with E-state index >= 15 is 0 Å². The van der Waals surface area contributed by atoms with Crippen LogP contribution in [0.15, 0.2) is 29.0 Å². The summed E-state index contributed by atoms with van der Waals surface area (Å²) < 4.78 is 38.1. The minimum Gasteiger partial charge on any atom is -0.369 e. The number of allylic oxidation sites excluding steroid dienone is 3. The Balaban J connectivity index is 2.27. The molecule has 0 aromatic heterocycles. The third kappa shape index (κ3) is 2.39. The Morgan fingerprint density at radius 3 is 2.61 bits per heavy atom. The monoisotopic (exact) mass is 259 g/mol. The van der Waals surface area contributed by atoms with Crippen LogP contribution in [-0.2, 0) is 4.79 Å². The van der Waals surface area contributed by atoms with Crippen molar-refractivity contribution in [3.8, 4) is 0 Å².